The number of phenolic OH excluding ortho intramolecular Hbond substituents is 1. The van der Waals surface area contributed by atoms with Gasteiger partial charge in [-0.3, -0.25) is 29.0 Å². The van der Waals surface area contributed by atoms with Crippen molar-refractivity contribution in [3.63, 3.8) is 0 Å². The molecule has 0 aliphatic heterocycles. The molecule has 314 valence electrons. The molecule has 0 fully saturated rings. The molecule has 11 N–H and O–H groups in total. The summed E-state index contributed by atoms with van der Waals surface area (Å²) in [6.07, 6.45) is 8.13. The normalized spacial score (nSPS) is 12.4. The number of phenols is 1. The Bertz CT molecular complexity index is 2360. The van der Waals surface area contributed by atoms with E-state index in [2.05, 4.69) is 36.2 Å². The van der Waals surface area contributed by atoms with Crippen molar-refractivity contribution in [2.24, 2.45) is 11.5 Å². The van der Waals surface area contributed by atoms with E-state index in [1.165, 1.54) is 11.6 Å². The molecule has 3 atom stereocenters. The Kier molecular flexibility index (Phi) is 16.2. The third-order valence-corrected chi connectivity index (χ3v) is 9.97. The summed E-state index contributed by atoms with van der Waals surface area (Å²) in [6.45, 7) is 1.96. The first-order chi connectivity index (χ1) is 28.9. The van der Waals surface area contributed by atoms with E-state index < -0.39 is 48.3 Å². The fraction of sp³-hybridized carbons (Fsp3) is 0.273. The predicted molar refractivity (Wildman–Crippen MR) is 231 cm³/mol. The molecule has 0 aliphatic rings. The maximum atomic E-state index is 13.7. The monoisotopic (exact) mass is 835 g/mol. The second-order valence-corrected chi connectivity index (χ2v) is 14.8. The van der Waals surface area contributed by atoms with Crippen molar-refractivity contribution >= 4 is 62.9 Å². The van der Waals surface area contributed by atoms with Gasteiger partial charge in [-0.15, -0.1) is 0 Å². The molecule has 0 radical (unpaired) electrons. The lowest BCUT2D eigenvalue weighted by Gasteiger charge is -2.23. The topological polar surface area (TPSA) is 250 Å². The van der Waals surface area contributed by atoms with Crippen molar-refractivity contribution in [1.29, 1.82) is 0 Å². The van der Waals surface area contributed by atoms with E-state index in [4.69, 9.17) is 23.1 Å². The van der Waals surface area contributed by atoms with Crippen molar-refractivity contribution in [1.82, 2.24) is 36.2 Å². The number of aryl methyl sites for hydroxylation is 1. The molecule has 5 amide bonds. The van der Waals surface area contributed by atoms with Crippen LogP contribution in [0.15, 0.2) is 104 Å². The van der Waals surface area contributed by atoms with E-state index >= 15 is 0 Å². The molecule has 15 nitrogen and oxygen atoms in total. The van der Waals surface area contributed by atoms with E-state index in [-0.39, 0.29) is 37.3 Å². The number of benzene rings is 3. The van der Waals surface area contributed by atoms with Gasteiger partial charge in [0.25, 0.3) is 0 Å². The van der Waals surface area contributed by atoms with Crippen molar-refractivity contribution < 1.29 is 29.1 Å². The lowest BCUT2D eigenvalue weighted by molar-refractivity contribution is -0.132. The number of nitrogens with one attached hydrogen (secondary N) is 6. The predicted octanol–water partition coefficient (Wildman–Crippen LogP) is 3.61. The number of aromatic hydroxyl groups is 1. The Morgan fingerprint density at radius 1 is 0.733 bits per heavy atom. The SMILES string of the molecule is Cc1ccc(Cl)cc1.NCCCCC(=O)N[C@@H](Cc1c[nH]c2ccc(O)cc12)C(=O)NCC(=O)N[C@@H](Cc1ccncc1)C(=O)N[C@H](Cc1c[nH]c2ccccc12)C(N)=O. The average Bonchev–Trinajstić information content (AvgIpc) is 3.84. The van der Waals surface area contributed by atoms with Gasteiger partial charge in [0.15, 0.2) is 0 Å². The molecule has 3 aromatic carbocycles. The zero-order valence-electron chi connectivity index (χ0n) is 33.2. The Hall–Kier alpha value is -6.71. The van der Waals surface area contributed by atoms with E-state index in [9.17, 15) is 29.1 Å². The number of carbonyl (C=O) groups is 5. The summed E-state index contributed by atoms with van der Waals surface area (Å²) in [6, 6.07) is 20.2. The molecule has 6 rings (SSSR count). The van der Waals surface area contributed by atoms with Crippen LogP contribution in [-0.4, -0.2) is 80.8 Å². The number of hydrogen-bond donors (Lipinski definition) is 9. The summed E-state index contributed by atoms with van der Waals surface area (Å²) in [5.41, 5.74) is 16.3. The van der Waals surface area contributed by atoms with Gasteiger partial charge in [0.05, 0.1) is 6.54 Å². The maximum absolute atomic E-state index is 13.7. The van der Waals surface area contributed by atoms with Crippen LogP contribution >= 0.6 is 11.6 Å². The van der Waals surface area contributed by atoms with Crippen molar-refractivity contribution in [2.45, 2.75) is 63.6 Å². The Morgan fingerprint density at radius 3 is 2.05 bits per heavy atom. The minimum atomic E-state index is -1.14. The number of nitrogens with two attached hydrogens (primary N) is 2. The quantitative estimate of drug-likeness (QED) is 0.0578. The Balaban J connectivity index is 0.000000763. The number of hydrogen-bond acceptors (Lipinski definition) is 8. The van der Waals surface area contributed by atoms with Gasteiger partial charge in [-0.25, -0.2) is 0 Å². The van der Waals surface area contributed by atoms with Crippen LogP contribution in [0.25, 0.3) is 21.8 Å². The Morgan fingerprint density at radius 2 is 1.37 bits per heavy atom. The molecule has 16 heteroatoms. The molecule has 3 aromatic heterocycles. The molecule has 0 saturated carbocycles. The average molecular weight is 836 g/mol. The highest BCUT2D eigenvalue weighted by Crippen LogP contribution is 2.24. The number of aromatic amines is 2. The molecule has 0 spiro atoms. The van der Waals surface area contributed by atoms with Crippen LogP contribution in [0.4, 0.5) is 0 Å². The number of amides is 5. The molecule has 0 unspecified atom stereocenters. The van der Waals surface area contributed by atoms with E-state index in [1.807, 2.05) is 55.5 Å². The molecular weight excluding hydrogens is 786 g/mol. The number of carbonyl (C=O) groups excluding carboxylic acids is 5. The van der Waals surface area contributed by atoms with Gasteiger partial charge in [0.2, 0.25) is 29.5 Å². The number of aromatic nitrogens is 3. The standard InChI is InChI=1S/C37H43N9O6.C7H7Cl/c38-12-4-3-7-33(48)44-32(17-24-20-42-29-9-8-25(47)18-27(24)29)36(51)43-21-34(49)45-31(15-22-10-13-40-14-11-22)37(52)46-30(35(39)50)16-23-19-41-28-6-2-1-5-26(23)28;1-6-2-4-7(8)5-3-6/h1-2,5-6,8-11,13-14,18-20,30-32,41-42,47H,3-4,7,12,15-17,21,38H2,(H2,39,50)(H,43,51)(H,44,48)(H,45,49)(H,46,52);2-5H,1H3/t30-,31+,32+;/m1./s1. The molecule has 60 heavy (non-hydrogen) atoms. The number of unbranched alkanes of at least 4 members (excludes halogenated alkanes) is 1. The molecular formula is C44H50ClN9O6. The fourth-order valence-electron chi connectivity index (χ4n) is 6.51. The lowest BCUT2D eigenvalue weighted by Crippen LogP contribution is -2.56. The number of pyridine rings is 1. The van der Waals surface area contributed by atoms with Crippen LogP contribution in [-0.2, 0) is 43.2 Å². The first-order valence-corrected chi connectivity index (χ1v) is 19.9. The van der Waals surface area contributed by atoms with Crippen molar-refractivity contribution in [2.75, 3.05) is 13.1 Å². The smallest absolute Gasteiger partial charge is 0.243 e. The van der Waals surface area contributed by atoms with E-state index in [0.29, 0.717) is 35.9 Å². The molecule has 0 saturated heterocycles. The largest absolute Gasteiger partial charge is 0.508 e. The van der Waals surface area contributed by atoms with Gasteiger partial charge < -0.3 is 47.8 Å². The number of H-pyrrole nitrogens is 2. The Labute approximate surface area is 352 Å². The first-order valence-electron chi connectivity index (χ1n) is 19.5. The van der Waals surface area contributed by atoms with E-state index in [0.717, 1.165) is 27.0 Å². The number of nitrogens with zero attached hydrogens (tertiary/aromatic N) is 1. The van der Waals surface area contributed by atoms with Crippen LogP contribution in [0.2, 0.25) is 5.02 Å². The lowest BCUT2D eigenvalue weighted by atomic mass is 10.0. The number of para-hydroxylation sites is 1. The maximum Gasteiger partial charge on any atom is 0.243 e. The number of halogens is 1. The number of rotatable bonds is 18. The zero-order chi connectivity index (χ0) is 43.0. The van der Waals surface area contributed by atoms with Crippen LogP contribution in [0, 0.1) is 6.92 Å². The third-order valence-electron chi connectivity index (χ3n) is 9.72. The van der Waals surface area contributed by atoms with Crippen molar-refractivity contribution in [3.05, 3.63) is 131 Å². The summed E-state index contributed by atoms with van der Waals surface area (Å²) < 4.78 is 0. The molecule has 3 heterocycles. The highest BCUT2D eigenvalue weighted by molar-refractivity contribution is 6.30. The minimum absolute atomic E-state index is 0.0438. The summed E-state index contributed by atoms with van der Waals surface area (Å²) in [5.74, 6) is -3.01. The third kappa shape index (κ3) is 13.2. The summed E-state index contributed by atoms with van der Waals surface area (Å²) in [4.78, 5) is 75.9. The summed E-state index contributed by atoms with van der Waals surface area (Å²) in [7, 11) is 0. The van der Waals surface area contributed by atoms with Gasteiger partial charge in [-0.1, -0.05) is 47.5 Å². The van der Waals surface area contributed by atoms with Gasteiger partial charge in [-0.05, 0) is 91.5 Å². The first kappa shape index (κ1) is 44.4. The molecule has 6 aromatic rings. The van der Waals surface area contributed by atoms with Gasteiger partial charge >= 0.3 is 0 Å². The van der Waals surface area contributed by atoms with Gasteiger partial charge in [0, 0.05) is 77.3 Å². The zero-order valence-corrected chi connectivity index (χ0v) is 33.9. The van der Waals surface area contributed by atoms with Gasteiger partial charge in [0.1, 0.15) is 23.9 Å². The number of fused-ring (bicyclic) bond motifs is 2. The highest BCUT2D eigenvalue weighted by atomic mass is 35.5. The second-order valence-electron chi connectivity index (χ2n) is 14.3. The number of primary amides is 1. The van der Waals surface area contributed by atoms with Crippen LogP contribution in [0.5, 0.6) is 5.75 Å². The molecule has 0 bridgehead atoms. The summed E-state index contributed by atoms with van der Waals surface area (Å²) in [5, 5.41) is 23.1. The van der Waals surface area contributed by atoms with Crippen LogP contribution < -0.4 is 32.7 Å². The van der Waals surface area contributed by atoms with Crippen LogP contribution in [0.3, 0.4) is 0 Å². The van der Waals surface area contributed by atoms with E-state index in [1.54, 1.807) is 49.1 Å². The second kappa shape index (κ2) is 21.9. The molecule has 0 aliphatic carbocycles. The minimum Gasteiger partial charge on any atom is -0.508 e. The van der Waals surface area contributed by atoms with Crippen LogP contribution in [0.1, 0.15) is 41.5 Å². The highest BCUT2D eigenvalue weighted by Gasteiger charge is 2.28. The van der Waals surface area contributed by atoms with Gasteiger partial charge in [-0.2, -0.15) is 0 Å². The summed E-state index contributed by atoms with van der Waals surface area (Å²) >= 11 is 5.61. The van der Waals surface area contributed by atoms with Crippen molar-refractivity contribution in [3.8, 4) is 5.75 Å². The fourth-order valence-corrected chi connectivity index (χ4v) is 6.64.